The first kappa shape index (κ1) is 26.9. The number of allylic oxidation sites excluding steroid dienone is 2. The van der Waals surface area contributed by atoms with Crippen LogP contribution in [0.15, 0.2) is 47.2 Å². The minimum atomic E-state index is -0.735. The second kappa shape index (κ2) is 11.5. The summed E-state index contributed by atoms with van der Waals surface area (Å²) < 4.78 is 12.7. The number of rotatable bonds is 10. The van der Waals surface area contributed by atoms with Crippen molar-refractivity contribution >= 4 is 22.6 Å². The number of hydrogen-bond acceptors (Lipinski definition) is 5. The highest BCUT2D eigenvalue weighted by Crippen LogP contribution is 2.44. The van der Waals surface area contributed by atoms with Gasteiger partial charge in [-0.05, 0) is 62.4 Å². The molecule has 6 heteroatoms. The molecule has 0 fully saturated rings. The molecule has 37 heavy (non-hydrogen) atoms. The fourth-order valence-corrected chi connectivity index (χ4v) is 5.37. The smallest absolute Gasteiger partial charge is 0.307 e. The molecule has 2 heterocycles. The highest BCUT2D eigenvalue weighted by Gasteiger charge is 2.31. The molecule has 0 bridgehead atoms. The van der Waals surface area contributed by atoms with Crippen molar-refractivity contribution in [1.29, 1.82) is 0 Å². The van der Waals surface area contributed by atoms with E-state index in [0.29, 0.717) is 18.0 Å². The molecule has 0 radical (unpaired) electrons. The van der Waals surface area contributed by atoms with Crippen molar-refractivity contribution in [3.05, 3.63) is 48.3 Å². The molecular weight excluding hydrogens is 464 g/mol. The first-order valence-corrected chi connectivity index (χ1v) is 13.6. The number of carbonyl (C=O) groups is 1. The van der Waals surface area contributed by atoms with Gasteiger partial charge in [-0.1, -0.05) is 70.5 Å². The van der Waals surface area contributed by atoms with E-state index in [2.05, 4.69) is 35.1 Å². The molecule has 6 nitrogen and oxygen atoms in total. The van der Waals surface area contributed by atoms with Crippen LogP contribution in [0.4, 0.5) is 0 Å². The van der Waals surface area contributed by atoms with E-state index in [1.54, 1.807) is 0 Å². The van der Waals surface area contributed by atoms with Gasteiger partial charge in [-0.2, -0.15) is 0 Å². The third kappa shape index (κ3) is 6.23. The standard InChI is InChI=1S/C31H40N2O4/c1-6-21-15-17-22(18-16-21)25-26-28(36-20(2)11-10-14-24(30(34)35)31(3,4)5)32-19-33-29(26)37-27(25)23-12-8-7-9-13-23/h7-9,12-13,17,19-21,24H,6,10-11,14-16,18H2,1-5H3,(H,34,35)/t20-,21?,24?/m1/s1. The van der Waals surface area contributed by atoms with Gasteiger partial charge in [0.15, 0.2) is 0 Å². The van der Waals surface area contributed by atoms with Crippen molar-refractivity contribution in [3.8, 4) is 17.2 Å². The summed E-state index contributed by atoms with van der Waals surface area (Å²) in [6, 6.07) is 10.2. The Kier molecular flexibility index (Phi) is 8.35. The fraction of sp³-hybridized carbons (Fsp3) is 0.516. The van der Waals surface area contributed by atoms with Gasteiger partial charge in [0.05, 0.1) is 12.0 Å². The summed E-state index contributed by atoms with van der Waals surface area (Å²) in [6.45, 7) is 10.2. The number of hydrogen-bond donors (Lipinski definition) is 1. The molecule has 198 valence electrons. The third-order valence-corrected chi connectivity index (χ3v) is 7.67. The molecule has 1 N–H and O–H groups in total. The van der Waals surface area contributed by atoms with Crippen LogP contribution < -0.4 is 4.74 Å². The van der Waals surface area contributed by atoms with Gasteiger partial charge in [0.2, 0.25) is 11.6 Å². The van der Waals surface area contributed by atoms with Crippen molar-refractivity contribution in [2.75, 3.05) is 0 Å². The summed E-state index contributed by atoms with van der Waals surface area (Å²) in [5.41, 5.74) is 3.57. The van der Waals surface area contributed by atoms with E-state index in [1.807, 2.05) is 45.9 Å². The lowest BCUT2D eigenvalue weighted by molar-refractivity contribution is -0.145. The van der Waals surface area contributed by atoms with E-state index in [9.17, 15) is 9.90 Å². The van der Waals surface area contributed by atoms with E-state index in [-0.39, 0.29) is 17.4 Å². The molecule has 3 atom stereocenters. The topological polar surface area (TPSA) is 85.5 Å². The zero-order valence-corrected chi connectivity index (χ0v) is 22.8. The average Bonchev–Trinajstić information content (AvgIpc) is 3.27. The Morgan fingerprint density at radius 2 is 1.95 bits per heavy atom. The highest BCUT2D eigenvalue weighted by molar-refractivity contribution is 5.99. The highest BCUT2D eigenvalue weighted by atomic mass is 16.5. The van der Waals surface area contributed by atoms with Crippen LogP contribution in [0, 0.1) is 17.3 Å². The largest absolute Gasteiger partial charge is 0.481 e. The molecule has 0 saturated carbocycles. The summed E-state index contributed by atoms with van der Waals surface area (Å²) in [5, 5.41) is 10.5. The number of ether oxygens (including phenoxy) is 1. The fourth-order valence-electron chi connectivity index (χ4n) is 5.37. The second-order valence-electron chi connectivity index (χ2n) is 11.4. The van der Waals surface area contributed by atoms with E-state index >= 15 is 0 Å². The zero-order valence-electron chi connectivity index (χ0n) is 22.8. The Bertz CT molecular complexity index is 1240. The summed E-state index contributed by atoms with van der Waals surface area (Å²) in [4.78, 5) is 20.7. The molecule has 1 aliphatic carbocycles. The number of benzene rings is 1. The van der Waals surface area contributed by atoms with E-state index in [4.69, 9.17) is 9.15 Å². The molecule has 4 rings (SSSR count). The van der Waals surface area contributed by atoms with Gasteiger partial charge in [0, 0.05) is 11.1 Å². The number of fused-ring (bicyclic) bond motifs is 1. The molecule has 0 aliphatic heterocycles. The van der Waals surface area contributed by atoms with Crippen molar-refractivity contribution in [1.82, 2.24) is 9.97 Å². The van der Waals surface area contributed by atoms with Gasteiger partial charge in [-0.15, -0.1) is 0 Å². The summed E-state index contributed by atoms with van der Waals surface area (Å²) in [5.74, 6) is 0.939. The first-order chi connectivity index (χ1) is 17.7. The second-order valence-corrected chi connectivity index (χ2v) is 11.4. The van der Waals surface area contributed by atoms with E-state index in [0.717, 1.165) is 60.3 Å². The quantitative estimate of drug-likeness (QED) is 0.300. The maximum absolute atomic E-state index is 11.7. The van der Waals surface area contributed by atoms with Gasteiger partial charge in [0.25, 0.3) is 0 Å². The van der Waals surface area contributed by atoms with Gasteiger partial charge >= 0.3 is 5.97 Å². The predicted octanol–water partition coefficient (Wildman–Crippen LogP) is 8.17. The molecule has 0 saturated heterocycles. The SMILES string of the molecule is CCC1CC=C(c2c(-c3ccccc3)oc3ncnc(O[C@H](C)CCCC(C(=O)O)C(C)(C)C)c23)CC1. The average molecular weight is 505 g/mol. The van der Waals surface area contributed by atoms with Crippen LogP contribution in [0.5, 0.6) is 5.88 Å². The van der Waals surface area contributed by atoms with Crippen LogP contribution in [-0.4, -0.2) is 27.1 Å². The van der Waals surface area contributed by atoms with Gasteiger partial charge in [-0.3, -0.25) is 4.79 Å². The van der Waals surface area contributed by atoms with Gasteiger partial charge in [-0.25, -0.2) is 9.97 Å². The van der Waals surface area contributed by atoms with Crippen LogP contribution in [0.25, 0.3) is 28.0 Å². The van der Waals surface area contributed by atoms with Crippen molar-refractivity contribution in [2.45, 2.75) is 85.7 Å². The Morgan fingerprint density at radius 1 is 1.19 bits per heavy atom. The van der Waals surface area contributed by atoms with Crippen molar-refractivity contribution in [3.63, 3.8) is 0 Å². The number of carboxylic acids is 1. The molecule has 3 aromatic rings. The van der Waals surface area contributed by atoms with Crippen LogP contribution in [0.3, 0.4) is 0 Å². The normalized spacial score (nSPS) is 17.9. The number of nitrogens with zero attached hydrogens (tertiary/aromatic N) is 2. The monoisotopic (exact) mass is 504 g/mol. The third-order valence-electron chi connectivity index (χ3n) is 7.67. The van der Waals surface area contributed by atoms with Crippen molar-refractivity contribution < 1.29 is 19.1 Å². The van der Waals surface area contributed by atoms with Gasteiger partial charge in [0.1, 0.15) is 17.5 Å². The van der Waals surface area contributed by atoms with Crippen LogP contribution in [-0.2, 0) is 4.79 Å². The molecular formula is C31H40N2O4. The number of aliphatic carboxylic acids is 1. The maximum atomic E-state index is 11.7. The van der Waals surface area contributed by atoms with E-state index < -0.39 is 5.97 Å². The zero-order chi connectivity index (χ0) is 26.6. The summed E-state index contributed by atoms with van der Waals surface area (Å²) >= 11 is 0. The molecule has 1 aromatic carbocycles. The number of furan rings is 1. The number of aromatic nitrogens is 2. The summed E-state index contributed by atoms with van der Waals surface area (Å²) in [6.07, 6.45) is 10.2. The van der Waals surface area contributed by atoms with Crippen LogP contribution in [0.1, 0.15) is 85.1 Å². The van der Waals surface area contributed by atoms with Crippen molar-refractivity contribution in [2.24, 2.45) is 17.3 Å². The van der Waals surface area contributed by atoms with Crippen LogP contribution >= 0.6 is 0 Å². The minimum Gasteiger partial charge on any atom is -0.481 e. The maximum Gasteiger partial charge on any atom is 0.307 e. The first-order valence-electron chi connectivity index (χ1n) is 13.6. The molecule has 2 aromatic heterocycles. The Hall–Kier alpha value is -3.15. The molecule has 0 spiro atoms. The summed E-state index contributed by atoms with van der Waals surface area (Å²) in [7, 11) is 0. The number of carboxylic acid groups (broad SMARTS) is 1. The van der Waals surface area contributed by atoms with Crippen LogP contribution in [0.2, 0.25) is 0 Å². The molecule has 0 amide bonds. The lowest BCUT2D eigenvalue weighted by Crippen LogP contribution is -2.28. The lowest BCUT2D eigenvalue weighted by atomic mass is 9.78. The van der Waals surface area contributed by atoms with E-state index in [1.165, 1.54) is 18.3 Å². The van der Waals surface area contributed by atoms with Gasteiger partial charge < -0.3 is 14.3 Å². The molecule has 1 aliphatic rings. The predicted molar refractivity (Wildman–Crippen MR) is 147 cm³/mol. The Labute approximate surface area is 220 Å². The minimum absolute atomic E-state index is 0.125. The lowest BCUT2D eigenvalue weighted by Gasteiger charge is -2.27. The Morgan fingerprint density at radius 3 is 2.57 bits per heavy atom. The Balaban J connectivity index is 1.63. The molecule has 2 unspecified atom stereocenters.